The van der Waals surface area contributed by atoms with Gasteiger partial charge in [0, 0.05) is 36.7 Å². The number of non-ortho nitro benzene ring substituents is 1. The van der Waals surface area contributed by atoms with Gasteiger partial charge in [-0.2, -0.15) is 0 Å². The molecule has 7 nitrogen and oxygen atoms in total. The van der Waals surface area contributed by atoms with Crippen molar-refractivity contribution in [2.75, 3.05) is 7.05 Å². The highest BCUT2D eigenvalue weighted by molar-refractivity contribution is 6.31. The van der Waals surface area contributed by atoms with Gasteiger partial charge in [-0.15, -0.1) is 0 Å². The van der Waals surface area contributed by atoms with Crippen LogP contribution in [0.3, 0.4) is 0 Å². The fourth-order valence-electron chi connectivity index (χ4n) is 2.36. The number of amides is 1. The lowest BCUT2D eigenvalue weighted by atomic mass is 10.0. The molecular weight excluding hydrogens is 334 g/mol. The lowest BCUT2D eigenvalue weighted by molar-refractivity contribution is -0.384. The molecule has 1 aromatic carbocycles. The molecule has 0 saturated carbocycles. The monoisotopic (exact) mass is 351 g/mol. The first kappa shape index (κ1) is 17.9. The number of nitro benzene ring substituents is 1. The molecule has 0 bridgehead atoms. The van der Waals surface area contributed by atoms with Crippen molar-refractivity contribution in [2.24, 2.45) is 0 Å². The molecule has 0 aliphatic rings. The zero-order valence-corrected chi connectivity index (χ0v) is 14.6. The van der Waals surface area contributed by atoms with Gasteiger partial charge in [-0.1, -0.05) is 30.6 Å². The number of carbonyl (C=O) groups is 1. The van der Waals surface area contributed by atoms with Crippen LogP contribution in [0.4, 0.5) is 5.69 Å². The normalized spacial score (nSPS) is 10.9. The van der Waals surface area contributed by atoms with E-state index in [2.05, 4.69) is 5.16 Å². The van der Waals surface area contributed by atoms with E-state index in [1.807, 2.05) is 13.8 Å². The summed E-state index contributed by atoms with van der Waals surface area (Å²) in [5.41, 5.74) is 1.37. The first-order valence-corrected chi connectivity index (χ1v) is 7.74. The Kier molecular flexibility index (Phi) is 5.23. The minimum atomic E-state index is -0.497. The zero-order chi connectivity index (χ0) is 18.0. The highest BCUT2D eigenvalue weighted by atomic mass is 35.5. The van der Waals surface area contributed by atoms with Crippen molar-refractivity contribution in [3.63, 3.8) is 0 Å². The summed E-state index contributed by atoms with van der Waals surface area (Å²) in [5, 5.41) is 15.1. The maximum Gasteiger partial charge on any atom is 0.269 e. The summed E-state index contributed by atoms with van der Waals surface area (Å²) in [4.78, 5) is 24.6. The molecule has 1 heterocycles. The van der Waals surface area contributed by atoms with Crippen LogP contribution in [0, 0.1) is 17.0 Å². The van der Waals surface area contributed by atoms with Crippen LogP contribution < -0.4 is 0 Å². The SMILES string of the molecule is Cc1noc(C(C)C)c1C(=O)N(C)Cc1cc([N+](=O)[O-])ccc1Cl. The molecule has 0 aliphatic heterocycles. The topological polar surface area (TPSA) is 89.5 Å². The van der Waals surface area contributed by atoms with E-state index in [-0.39, 0.29) is 24.1 Å². The Bertz CT molecular complexity index is 786. The number of aromatic nitrogens is 1. The summed E-state index contributed by atoms with van der Waals surface area (Å²) >= 11 is 6.10. The molecule has 2 rings (SSSR count). The first-order chi connectivity index (χ1) is 11.2. The molecule has 0 N–H and O–H groups in total. The van der Waals surface area contributed by atoms with Gasteiger partial charge in [0.15, 0.2) is 5.76 Å². The zero-order valence-electron chi connectivity index (χ0n) is 13.9. The quantitative estimate of drug-likeness (QED) is 0.601. The predicted octanol–water partition coefficient (Wildman–Crippen LogP) is 3.94. The Labute approximate surface area is 144 Å². The lowest BCUT2D eigenvalue weighted by Crippen LogP contribution is -2.27. The summed E-state index contributed by atoms with van der Waals surface area (Å²) in [5.74, 6) is 0.273. The average Bonchev–Trinajstić information content (AvgIpc) is 2.90. The van der Waals surface area contributed by atoms with E-state index < -0.39 is 4.92 Å². The van der Waals surface area contributed by atoms with Crippen molar-refractivity contribution < 1.29 is 14.2 Å². The summed E-state index contributed by atoms with van der Waals surface area (Å²) in [6.07, 6.45) is 0. The highest BCUT2D eigenvalue weighted by Gasteiger charge is 2.25. The molecule has 1 amide bonds. The maximum absolute atomic E-state index is 12.7. The molecule has 0 saturated heterocycles. The van der Waals surface area contributed by atoms with Crippen molar-refractivity contribution in [2.45, 2.75) is 33.2 Å². The third-order valence-corrected chi connectivity index (χ3v) is 3.99. The van der Waals surface area contributed by atoms with E-state index in [1.165, 1.54) is 23.1 Å². The van der Waals surface area contributed by atoms with E-state index in [1.54, 1.807) is 14.0 Å². The molecule has 0 fully saturated rings. The van der Waals surface area contributed by atoms with Crippen LogP contribution in [-0.4, -0.2) is 27.9 Å². The van der Waals surface area contributed by atoms with Crippen molar-refractivity contribution in [1.82, 2.24) is 10.1 Å². The van der Waals surface area contributed by atoms with Gasteiger partial charge in [-0.3, -0.25) is 14.9 Å². The van der Waals surface area contributed by atoms with E-state index in [4.69, 9.17) is 16.1 Å². The first-order valence-electron chi connectivity index (χ1n) is 7.36. The Hall–Kier alpha value is -2.41. The third-order valence-electron chi connectivity index (χ3n) is 3.62. The predicted molar refractivity (Wildman–Crippen MR) is 89.2 cm³/mol. The second-order valence-electron chi connectivity index (χ2n) is 5.86. The molecular formula is C16H18ClN3O4. The van der Waals surface area contributed by atoms with Crippen LogP contribution in [0.1, 0.15) is 47.1 Å². The van der Waals surface area contributed by atoms with Crippen LogP contribution in [-0.2, 0) is 6.54 Å². The molecule has 0 radical (unpaired) electrons. The third kappa shape index (κ3) is 3.56. The number of hydrogen-bond donors (Lipinski definition) is 0. The number of aryl methyl sites for hydroxylation is 1. The van der Waals surface area contributed by atoms with Crippen LogP contribution in [0.25, 0.3) is 0 Å². The van der Waals surface area contributed by atoms with Gasteiger partial charge in [-0.05, 0) is 18.6 Å². The largest absolute Gasteiger partial charge is 0.360 e. The standard InChI is InChI=1S/C16H18ClN3O4/c1-9(2)15-14(10(3)18-24-15)16(21)19(4)8-11-7-12(20(22)23)5-6-13(11)17/h5-7,9H,8H2,1-4H3. The Morgan fingerprint density at radius 2 is 2.12 bits per heavy atom. The molecule has 0 atom stereocenters. The number of halogens is 1. The minimum Gasteiger partial charge on any atom is -0.360 e. The molecule has 0 aliphatic carbocycles. The number of carbonyl (C=O) groups excluding carboxylic acids is 1. The second-order valence-corrected chi connectivity index (χ2v) is 6.26. The lowest BCUT2D eigenvalue weighted by Gasteiger charge is -2.18. The number of rotatable bonds is 5. The molecule has 1 aromatic heterocycles. The van der Waals surface area contributed by atoms with Gasteiger partial charge in [0.1, 0.15) is 5.56 Å². The fourth-order valence-corrected chi connectivity index (χ4v) is 2.53. The van der Waals surface area contributed by atoms with Crippen LogP contribution in [0.5, 0.6) is 0 Å². The number of benzene rings is 1. The summed E-state index contributed by atoms with van der Waals surface area (Å²) in [7, 11) is 1.61. The minimum absolute atomic E-state index is 0.0138. The van der Waals surface area contributed by atoms with Crippen LogP contribution >= 0.6 is 11.6 Å². The highest BCUT2D eigenvalue weighted by Crippen LogP contribution is 2.26. The molecule has 8 heteroatoms. The summed E-state index contributed by atoms with van der Waals surface area (Å²) in [6.45, 7) is 5.67. The Morgan fingerprint density at radius 1 is 1.46 bits per heavy atom. The number of nitrogens with zero attached hydrogens (tertiary/aromatic N) is 3. The smallest absolute Gasteiger partial charge is 0.269 e. The van der Waals surface area contributed by atoms with Crippen LogP contribution in [0.15, 0.2) is 22.7 Å². The van der Waals surface area contributed by atoms with E-state index in [0.717, 1.165) is 0 Å². The van der Waals surface area contributed by atoms with Gasteiger partial charge < -0.3 is 9.42 Å². The number of hydrogen-bond acceptors (Lipinski definition) is 5. The Balaban J connectivity index is 2.29. The van der Waals surface area contributed by atoms with Crippen molar-refractivity contribution in [3.05, 3.63) is 55.9 Å². The van der Waals surface area contributed by atoms with E-state index in [0.29, 0.717) is 27.6 Å². The van der Waals surface area contributed by atoms with Gasteiger partial charge in [0.2, 0.25) is 0 Å². The van der Waals surface area contributed by atoms with E-state index >= 15 is 0 Å². The molecule has 0 spiro atoms. The maximum atomic E-state index is 12.7. The van der Waals surface area contributed by atoms with Gasteiger partial charge >= 0.3 is 0 Å². The number of nitro groups is 1. The van der Waals surface area contributed by atoms with Gasteiger partial charge in [-0.25, -0.2) is 0 Å². The molecule has 128 valence electrons. The van der Waals surface area contributed by atoms with Gasteiger partial charge in [0.05, 0.1) is 10.6 Å². The van der Waals surface area contributed by atoms with Crippen molar-refractivity contribution in [1.29, 1.82) is 0 Å². The summed E-state index contributed by atoms with van der Waals surface area (Å²) in [6, 6.07) is 4.15. The summed E-state index contributed by atoms with van der Waals surface area (Å²) < 4.78 is 5.24. The second kappa shape index (κ2) is 7.00. The molecule has 2 aromatic rings. The molecule has 0 unspecified atom stereocenters. The van der Waals surface area contributed by atoms with Crippen LogP contribution in [0.2, 0.25) is 5.02 Å². The van der Waals surface area contributed by atoms with Gasteiger partial charge in [0.25, 0.3) is 11.6 Å². The fraction of sp³-hybridized carbons (Fsp3) is 0.375. The van der Waals surface area contributed by atoms with Crippen molar-refractivity contribution in [3.8, 4) is 0 Å². The van der Waals surface area contributed by atoms with E-state index in [9.17, 15) is 14.9 Å². The van der Waals surface area contributed by atoms with Crippen molar-refractivity contribution >= 4 is 23.2 Å². The Morgan fingerprint density at radius 3 is 2.71 bits per heavy atom. The average molecular weight is 352 g/mol. The molecule has 24 heavy (non-hydrogen) atoms.